The molecule has 2 aromatic rings. The molecule has 2 aromatic carbocycles. The van der Waals surface area contributed by atoms with Crippen molar-refractivity contribution in [3.63, 3.8) is 0 Å². The van der Waals surface area contributed by atoms with Crippen LogP contribution in [0.4, 0.5) is 10.1 Å². The number of anilines is 1. The summed E-state index contributed by atoms with van der Waals surface area (Å²) in [5, 5.41) is 2.76. The van der Waals surface area contributed by atoms with E-state index in [1.807, 2.05) is 31.2 Å². The summed E-state index contributed by atoms with van der Waals surface area (Å²) in [5.41, 5.74) is 1.88. The molecule has 2 amide bonds. The number of benzene rings is 2. The lowest BCUT2D eigenvalue weighted by Crippen LogP contribution is -2.48. The van der Waals surface area contributed by atoms with Crippen LogP contribution in [0.15, 0.2) is 48.5 Å². The number of hydrogen-bond acceptors (Lipinski definition) is 2. The molecule has 118 valence electrons. The van der Waals surface area contributed by atoms with E-state index in [-0.39, 0.29) is 17.4 Å². The molecule has 3 rings (SSSR count). The number of fused-ring (bicyclic) bond motifs is 1. The van der Waals surface area contributed by atoms with Crippen LogP contribution in [0, 0.1) is 5.82 Å². The number of nitrogens with zero attached hydrogens (tertiary/aromatic N) is 1. The first-order valence-electron chi connectivity index (χ1n) is 7.56. The Balaban J connectivity index is 2.01. The molecular formula is C18H17FN2O2. The highest BCUT2D eigenvalue weighted by molar-refractivity contribution is 6.11. The van der Waals surface area contributed by atoms with Crippen molar-refractivity contribution in [2.24, 2.45) is 0 Å². The molecule has 0 saturated heterocycles. The topological polar surface area (TPSA) is 49.4 Å². The molecule has 5 heteroatoms. The van der Waals surface area contributed by atoms with Crippen molar-refractivity contribution in [2.45, 2.75) is 19.4 Å². The zero-order valence-electron chi connectivity index (χ0n) is 12.8. The average Bonchev–Trinajstić information content (AvgIpc) is 2.94. The predicted molar refractivity (Wildman–Crippen MR) is 85.8 cm³/mol. The fraction of sp³-hybridized carbons (Fsp3) is 0.222. The Kier molecular flexibility index (Phi) is 4.10. The van der Waals surface area contributed by atoms with Gasteiger partial charge >= 0.3 is 0 Å². The van der Waals surface area contributed by atoms with E-state index >= 15 is 0 Å². The van der Waals surface area contributed by atoms with Crippen LogP contribution >= 0.6 is 0 Å². The SMILES string of the molecule is CCNC(=O)C1Cc2ccccc2N1C(=O)c1cccc(F)c1. The number of amides is 2. The predicted octanol–water partition coefficient (Wildman–Crippen LogP) is 2.53. The van der Waals surface area contributed by atoms with E-state index in [4.69, 9.17) is 0 Å². The number of carbonyl (C=O) groups is 2. The maximum Gasteiger partial charge on any atom is 0.259 e. The van der Waals surface area contributed by atoms with Gasteiger partial charge in [-0.2, -0.15) is 0 Å². The normalized spacial score (nSPS) is 16.1. The molecule has 1 aliphatic rings. The Morgan fingerprint density at radius 2 is 2.00 bits per heavy atom. The number of carbonyl (C=O) groups excluding carboxylic acids is 2. The first-order chi connectivity index (χ1) is 11.1. The van der Waals surface area contributed by atoms with Crippen LogP contribution in [-0.4, -0.2) is 24.4 Å². The third-order valence-electron chi connectivity index (χ3n) is 3.92. The number of halogens is 1. The Hall–Kier alpha value is -2.69. The van der Waals surface area contributed by atoms with Crippen molar-refractivity contribution in [1.82, 2.24) is 5.32 Å². The molecule has 0 saturated carbocycles. The summed E-state index contributed by atoms with van der Waals surface area (Å²) in [6.45, 7) is 2.33. The molecule has 23 heavy (non-hydrogen) atoms. The molecular weight excluding hydrogens is 295 g/mol. The minimum absolute atomic E-state index is 0.201. The molecule has 0 aliphatic carbocycles. The van der Waals surface area contributed by atoms with E-state index in [1.165, 1.54) is 23.1 Å². The van der Waals surface area contributed by atoms with Gasteiger partial charge in [0.1, 0.15) is 11.9 Å². The number of rotatable bonds is 3. The van der Waals surface area contributed by atoms with Crippen molar-refractivity contribution in [3.05, 3.63) is 65.5 Å². The molecule has 1 aliphatic heterocycles. The van der Waals surface area contributed by atoms with Gasteiger partial charge in [-0.3, -0.25) is 14.5 Å². The second-order valence-corrected chi connectivity index (χ2v) is 5.43. The molecule has 0 spiro atoms. The molecule has 4 nitrogen and oxygen atoms in total. The van der Waals surface area contributed by atoms with Gasteiger partial charge in [0, 0.05) is 24.2 Å². The van der Waals surface area contributed by atoms with Crippen molar-refractivity contribution in [3.8, 4) is 0 Å². The summed E-state index contributed by atoms with van der Waals surface area (Å²) in [7, 11) is 0. The van der Waals surface area contributed by atoms with Gasteiger partial charge in [0.05, 0.1) is 0 Å². The van der Waals surface area contributed by atoms with Gasteiger partial charge in [-0.05, 0) is 36.8 Å². The van der Waals surface area contributed by atoms with Gasteiger partial charge in [0.25, 0.3) is 5.91 Å². The maximum atomic E-state index is 13.4. The number of hydrogen-bond donors (Lipinski definition) is 1. The fourth-order valence-corrected chi connectivity index (χ4v) is 2.90. The zero-order chi connectivity index (χ0) is 16.4. The third-order valence-corrected chi connectivity index (χ3v) is 3.92. The van der Waals surface area contributed by atoms with Crippen LogP contribution in [0.25, 0.3) is 0 Å². The second kappa shape index (κ2) is 6.20. The van der Waals surface area contributed by atoms with E-state index in [9.17, 15) is 14.0 Å². The van der Waals surface area contributed by atoms with Gasteiger partial charge in [-0.15, -0.1) is 0 Å². The Morgan fingerprint density at radius 1 is 1.22 bits per heavy atom. The van der Waals surface area contributed by atoms with Crippen LogP contribution in [0.1, 0.15) is 22.8 Å². The van der Waals surface area contributed by atoms with Crippen molar-refractivity contribution in [2.75, 3.05) is 11.4 Å². The minimum atomic E-state index is -0.608. The highest BCUT2D eigenvalue weighted by atomic mass is 19.1. The largest absolute Gasteiger partial charge is 0.355 e. The summed E-state index contributed by atoms with van der Waals surface area (Å²) >= 11 is 0. The number of nitrogens with one attached hydrogen (secondary N) is 1. The molecule has 1 heterocycles. The second-order valence-electron chi connectivity index (χ2n) is 5.43. The lowest BCUT2D eigenvalue weighted by atomic mass is 10.1. The minimum Gasteiger partial charge on any atom is -0.355 e. The van der Waals surface area contributed by atoms with E-state index in [0.29, 0.717) is 18.7 Å². The fourth-order valence-electron chi connectivity index (χ4n) is 2.90. The summed E-state index contributed by atoms with van der Waals surface area (Å²) in [4.78, 5) is 26.7. The quantitative estimate of drug-likeness (QED) is 0.947. The molecule has 0 bridgehead atoms. The molecule has 1 unspecified atom stereocenters. The highest BCUT2D eigenvalue weighted by Crippen LogP contribution is 2.33. The number of likely N-dealkylation sites (N-methyl/N-ethyl adjacent to an activating group) is 1. The van der Waals surface area contributed by atoms with Gasteiger partial charge in [0.2, 0.25) is 5.91 Å². The van der Waals surface area contributed by atoms with Gasteiger partial charge < -0.3 is 5.32 Å². The number of para-hydroxylation sites is 1. The Labute approximate surface area is 133 Å². The molecule has 1 atom stereocenters. The third kappa shape index (κ3) is 2.82. The monoisotopic (exact) mass is 312 g/mol. The van der Waals surface area contributed by atoms with Crippen LogP contribution in [-0.2, 0) is 11.2 Å². The lowest BCUT2D eigenvalue weighted by Gasteiger charge is -2.24. The molecule has 0 fully saturated rings. The molecule has 0 aromatic heterocycles. The van der Waals surface area contributed by atoms with Gasteiger partial charge in [0.15, 0.2) is 0 Å². The smallest absolute Gasteiger partial charge is 0.259 e. The average molecular weight is 312 g/mol. The first kappa shape index (κ1) is 15.2. The molecule has 1 N–H and O–H groups in total. The van der Waals surface area contributed by atoms with E-state index < -0.39 is 11.9 Å². The first-order valence-corrected chi connectivity index (χ1v) is 7.56. The Bertz CT molecular complexity index is 760. The standard InChI is InChI=1S/C18H17FN2O2/c1-2-20-17(22)16-11-12-6-3-4-9-15(12)21(16)18(23)13-7-5-8-14(19)10-13/h3-10,16H,2,11H2,1H3,(H,20,22). The molecule has 0 radical (unpaired) electrons. The van der Waals surface area contributed by atoms with E-state index in [0.717, 1.165) is 5.56 Å². The van der Waals surface area contributed by atoms with Crippen molar-refractivity contribution >= 4 is 17.5 Å². The van der Waals surface area contributed by atoms with Crippen LogP contribution in [0.2, 0.25) is 0 Å². The Morgan fingerprint density at radius 3 is 2.74 bits per heavy atom. The lowest BCUT2D eigenvalue weighted by molar-refractivity contribution is -0.122. The van der Waals surface area contributed by atoms with Crippen LogP contribution < -0.4 is 10.2 Å². The summed E-state index contributed by atoms with van der Waals surface area (Å²) in [6.07, 6.45) is 0.461. The van der Waals surface area contributed by atoms with Crippen molar-refractivity contribution in [1.29, 1.82) is 0 Å². The van der Waals surface area contributed by atoms with Crippen LogP contribution in [0.5, 0.6) is 0 Å². The van der Waals surface area contributed by atoms with E-state index in [1.54, 1.807) is 6.07 Å². The summed E-state index contributed by atoms with van der Waals surface area (Å²) in [5.74, 6) is -1.04. The van der Waals surface area contributed by atoms with Gasteiger partial charge in [-0.25, -0.2) is 4.39 Å². The van der Waals surface area contributed by atoms with Crippen LogP contribution in [0.3, 0.4) is 0 Å². The van der Waals surface area contributed by atoms with E-state index in [2.05, 4.69) is 5.32 Å². The maximum absolute atomic E-state index is 13.4. The van der Waals surface area contributed by atoms with Crippen molar-refractivity contribution < 1.29 is 14.0 Å². The summed E-state index contributed by atoms with van der Waals surface area (Å²) < 4.78 is 13.4. The van der Waals surface area contributed by atoms with Gasteiger partial charge in [-0.1, -0.05) is 24.3 Å². The summed E-state index contributed by atoms with van der Waals surface area (Å²) in [6, 6.07) is 12.3. The zero-order valence-corrected chi connectivity index (χ0v) is 12.8. The highest BCUT2D eigenvalue weighted by Gasteiger charge is 2.38.